The lowest BCUT2D eigenvalue weighted by Crippen LogP contribution is -1.94. The summed E-state index contributed by atoms with van der Waals surface area (Å²) in [7, 11) is 0. The second-order valence-corrected chi connectivity index (χ2v) is 15.7. The van der Waals surface area contributed by atoms with Gasteiger partial charge in [-0.1, -0.05) is 95.6 Å². The Balaban J connectivity index is 1.80. The molecule has 1 aliphatic heterocycles. The summed E-state index contributed by atoms with van der Waals surface area (Å²) in [6.45, 7) is 0. The molecule has 0 fully saturated rings. The van der Waals surface area contributed by atoms with Crippen LogP contribution in [0.1, 0.15) is 5.56 Å². The van der Waals surface area contributed by atoms with Gasteiger partial charge in [0.05, 0.1) is 14.0 Å². The van der Waals surface area contributed by atoms with E-state index in [1.165, 1.54) is 58.3 Å². The van der Waals surface area contributed by atoms with Crippen LogP contribution in [-0.4, -0.2) is 25.0 Å². The van der Waals surface area contributed by atoms with Gasteiger partial charge in [-0.05, 0) is 52.1 Å². The minimum absolute atomic E-state index is 1.36. The minimum atomic E-state index is 1.36. The Kier molecular flexibility index (Phi) is 7.70. The summed E-state index contributed by atoms with van der Waals surface area (Å²) in [6, 6.07) is 18.0. The first-order chi connectivity index (χ1) is 15.7. The van der Waals surface area contributed by atoms with E-state index < -0.39 is 0 Å². The Morgan fingerprint density at radius 3 is 1.53 bits per heavy atom. The van der Waals surface area contributed by atoms with E-state index in [1.54, 1.807) is 0 Å². The van der Waals surface area contributed by atoms with Gasteiger partial charge >= 0.3 is 0 Å². The van der Waals surface area contributed by atoms with Crippen molar-refractivity contribution in [1.29, 1.82) is 0 Å². The van der Waals surface area contributed by atoms with Crippen LogP contribution in [-0.2, 0) is 0 Å². The van der Waals surface area contributed by atoms with Gasteiger partial charge in [-0.15, -0.1) is 23.5 Å². The van der Waals surface area contributed by atoms with E-state index in [4.69, 9.17) is 0 Å². The van der Waals surface area contributed by atoms with E-state index in [0.29, 0.717) is 0 Å². The fourth-order valence-corrected chi connectivity index (χ4v) is 14.1. The Labute approximate surface area is 223 Å². The van der Waals surface area contributed by atoms with Crippen LogP contribution in [0.3, 0.4) is 0 Å². The topological polar surface area (TPSA) is 0 Å². The lowest BCUT2D eigenvalue weighted by atomic mass is 9.93. The molecular formula is C24H20S8+. The molecule has 0 nitrogen and oxygen atoms in total. The van der Waals surface area contributed by atoms with E-state index >= 15 is 0 Å². The molecule has 8 heteroatoms. The molecule has 1 aromatic heterocycles. The maximum absolute atomic E-state index is 2.31. The van der Waals surface area contributed by atoms with Crippen LogP contribution in [0.15, 0.2) is 65.4 Å². The van der Waals surface area contributed by atoms with Crippen molar-refractivity contribution in [3.05, 3.63) is 67.2 Å². The summed E-state index contributed by atoms with van der Waals surface area (Å²) in [5, 5.41) is 5.43. The molecule has 1 aliphatic rings. The summed E-state index contributed by atoms with van der Waals surface area (Å²) >= 11 is 15.2. The lowest BCUT2D eigenvalue weighted by Gasteiger charge is -2.17. The fraction of sp³-hybridized carbons (Fsp3) is 0.167. The van der Waals surface area contributed by atoms with Crippen molar-refractivity contribution in [3.8, 4) is 9.75 Å². The van der Waals surface area contributed by atoms with Crippen molar-refractivity contribution in [2.24, 2.45) is 0 Å². The molecule has 0 N–H and O–H groups in total. The molecule has 0 spiro atoms. The molecule has 4 aromatic rings. The molecule has 0 bridgehead atoms. The molecule has 0 amide bonds. The largest absolute Gasteiger partial charge is 0.288 e. The van der Waals surface area contributed by atoms with Crippen molar-refractivity contribution in [2.75, 3.05) is 25.0 Å². The highest BCUT2D eigenvalue weighted by atomic mass is 32.3. The van der Waals surface area contributed by atoms with Crippen LogP contribution in [0.4, 0.5) is 0 Å². The molecule has 2 heterocycles. The van der Waals surface area contributed by atoms with Crippen molar-refractivity contribution < 1.29 is 0 Å². The first kappa shape index (κ1) is 23.8. The zero-order valence-electron chi connectivity index (χ0n) is 17.9. The van der Waals surface area contributed by atoms with Gasteiger partial charge in [-0.3, -0.25) is 0 Å². The van der Waals surface area contributed by atoms with Gasteiger partial charge in [0.15, 0.2) is 0 Å². The average Bonchev–Trinajstić information content (AvgIpc) is 3.45. The molecule has 5 rings (SSSR count). The maximum Gasteiger partial charge on any atom is 0.288 e. The summed E-state index contributed by atoms with van der Waals surface area (Å²) in [5.74, 6) is 0. The molecule has 3 aromatic carbocycles. The Hall–Kier alpha value is 0.0700. The average molecular weight is 565 g/mol. The van der Waals surface area contributed by atoms with E-state index in [-0.39, 0.29) is 0 Å². The molecule has 1 radical (unpaired) electrons. The third kappa shape index (κ3) is 4.17. The fourth-order valence-electron chi connectivity index (χ4n) is 3.82. The van der Waals surface area contributed by atoms with Gasteiger partial charge < -0.3 is 0 Å². The highest BCUT2D eigenvalue weighted by molar-refractivity contribution is 8.39. The standard InChI is InChI=1S/C24H20S8/c1-25-21-22(26-2)30-19(29-21)17-13-9-5-7-11-15(13)18(16-12-8-6-10-14(16)17)20-31-23(27-3)24(28-4)32-20/h5-12H,1-4H3/q+1. The van der Waals surface area contributed by atoms with Crippen LogP contribution in [0.2, 0.25) is 0 Å². The monoisotopic (exact) mass is 564 g/mol. The van der Waals surface area contributed by atoms with Crippen LogP contribution in [0.5, 0.6) is 0 Å². The van der Waals surface area contributed by atoms with Crippen LogP contribution < -0.4 is 0 Å². The van der Waals surface area contributed by atoms with Crippen LogP contribution >= 0.6 is 93.2 Å². The normalized spacial score (nSPS) is 14.9. The Morgan fingerprint density at radius 1 is 0.625 bits per heavy atom. The Morgan fingerprint density at radius 2 is 1.12 bits per heavy atom. The third-order valence-electron chi connectivity index (χ3n) is 5.16. The zero-order valence-corrected chi connectivity index (χ0v) is 24.4. The van der Waals surface area contributed by atoms with E-state index in [0.717, 1.165) is 0 Å². The van der Waals surface area contributed by atoms with Gasteiger partial charge in [0, 0.05) is 0 Å². The number of benzene rings is 3. The number of rotatable bonds is 6. The van der Waals surface area contributed by atoms with Crippen molar-refractivity contribution >= 4 is 115 Å². The van der Waals surface area contributed by atoms with Gasteiger partial charge in [-0.2, -0.15) is 0 Å². The molecule has 0 atom stereocenters. The molecular weight excluding hydrogens is 545 g/mol. The predicted octanol–water partition coefficient (Wildman–Crippen LogP) is 10.7. The van der Waals surface area contributed by atoms with Gasteiger partial charge in [0.2, 0.25) is 8.42 Å². The lowest BCUT2D eigenvalue weighted by molar-refractivity contribution is 1.54. The third-order valence-corrected chi connectivity index (χ3v) is 15.6. The van der Waals surface area contributed by atoms with Crippen molar-refractivity contribution in [1.82, 2.24) is 0 Å². The molecule has 0 unspecified atom stereocenters. The number of fused-ring (bicyclic) bond motifs is 2. The summed E-state index contributed by atoms with van der Waals surface area (Å²) < 4.78 is 8.49. The van der Waals surface area contributed by atoms with Crippen molar-refractivity contribution in [3.63, 3.8) is 0 Å². The second kappa shape index (κ2) is 10.4. The van der Waals surface area contributed by atoms with E-state index in [9.17, 15) is 0 Å². The van der Waals surface area contributed by atoms with Crippen molar-refractivity contribution in [2.45, 2.75) is 8.42 Å². The minimum Gasteiger partial charge on any atom is -0.121 e. The number of hydrogen-bond donors (Lipinski definition) is 0. The number of thioether (sulfide) groups is 6. The van der Waals surface area contributed by atoms with E-state index in [2.05, 4.69) is 73.6 Å². The molecule has 0 saturated heterocycles. The predicted molar refractivity (Wildman–Crippen MR) is 162 cm³/mol. The maximum atomic E-state index is 2.31. The first-order valence-corrected chi connectivity index (χ1v) is 17.9. The SMILES string of the molecule is CSC1=C(SC)S[C](c2c3ccccc3c(-c3sc(SC)c(SC)[s+]3)c3ccccc23)S1. The van der Waals surface area contributed by atoms with Gasteiger partial charge in [-0.25, -0.2) is 0 Å². The smallest absolute Gasteiger partial charge is 0.121 e. The second-order valence-electron chi connectivity index (χ2n) is 6.79. The molecule has 0 aliphatic carbocycles. The molecule has 0 saturated carbocycles. The summed E-state index contributed by atoms with van der Waals surface area (Å²) in [5.41, 5.74) is 2.78. The zero-order chi connectivity index (χ0) is 22.2. The highest BCUT2D eigenvalue weighted by Crippen LogP contribution is 2.62. The first-order valence-electron chi connectivity index (χ1n) is 9.74. The van der Waals surface area contributed by atoms with Gasteiger partial charge in [0.25, 0.3) is 4.19 Å². The van der Waals surface area contributed by atoms with E-state index in [1.807, 2.05) is 93.2 Å². The molecule has 163 valence electrons. The summed E-state index contributed by atoms with van der Waals surface area (Å²) in [6.07, 6.45) is 8.75. The van der Waals surface area contributed by atoms with Gasteiger partial charge in [0.1, 0.15) is 27.3 Å². The summed E-state index contributed by atoms with van der Waals surface area (Å²) in [4.78, 5) is 0. The number of hydrogen-bond acceptors (Lipinski definition) is 7. The Bertz CT molecular complexity index is 1240. The highest BCUT2D eigenvalue weighted by Gasteiger charge is 2.33. The quantitative estimate of drug-likeness (QED) is 0.129. The van der Waals surface area contributed by atoms with Crippen LogP contribution in [0, 0.1) is 4.58 Å². The van der Waals surface area contributed by atoms with Crippen LogP contribution in [0.25, 0.3) is 31.3 Å². The molecule has 32 heavy (non-hydrogen) atoms.